The van der Waals surface area contributed by atoms with Crippen molar-refractivity contribution >= 4 is 28.4 Å². The van der Waals surface area contributed by atoms with Gasteiger partial charge in [0.25, 0.3) is 11.8 Å². The van der Waals surface area contributed by atoms with E-state index in [1.165, 1.54) is 6.42 Å². The van der Waals surface area contributed by atoms with Gasteiger partial charge in [0.15, 0.2) is 5.69 Å². The zero-order chi connectivity index (χ0) is 18.8. The van der Waals surface area contributed by atoms with E-state index < -0.39 is 0 Å². The Labute approximate surface area is 157 Å². The summed E-state index contributed by atoms with van der Waals surface area (Å²) < 4.78 is 1.92. The summed E-state index contributed by atoms with van der Waals surface area (Å²) in [7, 11) is 1.91. The molecule has 1 fully saturated rings. The molecule has 1 aliphatic carbocycles. The van der Waals surface area contributed by atoms with Crippen LogP contribution < -0.4 is 10.6 Å². The fourth-order valence-corrected chi connectivity index (χ4v) is 3.42. The Bertz CT molecular complexity index is 1000. The number of carbonyl (C=O) groups is 2. The third-order valence-corrected chi connectivity index (χ3v) is 5.19. The maximum absolute atomic E-state index is 12.9. The van der Waals surface area contributed by atoms with E-state index in [0.717, 1.165) is 23.7 Å². The van der Waals surface area contributed by atoms with Crippen LogP contribution in [0.1, 0.15) is 40.1 Å². The van der Waals surface area contributed by atoms with E-state index in [-0.39, 0.29) is 17.5 Å². The first-order chi connectivity index (χ1) is 13.1. The van der Waals surface area contributed by atoms with Gasteiger partial charge >= 0.3 is 0 Å². The summed E-state index contributed by atoms with van der Waals surface area (Å²) in [6.07, 6.45) is 6.91. The molecule has 0 saturated heterocycles. The number of pyridine rings is 1. The van der Waals surface area contributed by atoms with Crippen LogP contribution in [0.15, 0.2) is 48.8 Å². The first-order valence-electron chi connectivity index (χ1n) is 9.22. The summed E-state index contributed by atoms with van der Waals surface area (Å²) in [6.45, 7) is 0.659. The highest BCUT2D eigenvalue weighted by Crippen LogP contribution is 2.25. The van der Waals surface area contributed by atoms with Gasteiger partial charge < -0.3 is 15.2 Å². The van der Waals surface area contributed by atoms with Crippen molar-refractivity contribution < 1.29 is 9.59 Å². The van der Waals surface area contributed by atoms with Crippen LogP contribution in [0.25, 0.3) is 10.9 Å². The molecule has 0 spiro atoms. The van der Waals surface area contributed by atoms with E-state index in [9.17, 15) is 9.59 Å². The van der Waals surface area contributed by atoms with Gasteiger partial charge in [0.1, 0.15) is 0 Å². The lowest BCUT2D eigenvalue weighted by atomic mass is 9.85. The van der Waals surface area contributed by atoms with Crippen molar-refractivity contribution in [3.05, 3.63) is 60.0 Å². The number of rotatable bonds is 5. The molecule has 1 saturated carbocycles. The largest absolute Gasteiger partial charge is 0.350 e. The average molecular weight is 362 g/mol. The summed E-state index contributed by atoms with van der Waals surface area (Å²) in [5.41, 5.74) is 2.21. The fraction of sp³-hybridized carbons (Fsp3) is 0.286. The van der Waals surface area contributed by atoms with Crippen LogP contribution in [0, 0.1) is 5.92 Å². The minimum Gasteiger partial charge on any atom is -0.350 e. The van der Waals surface area contributed by atoms with Crippen LogP contribution in [0.3, 0.4) is 0 Å². The Balaban J connectivity index is 1.55. The summed E-state index contributed by atoms with van der Waals surface area (Å²) in [6, 6.07) is 11.1. The Morgan fingerprint density at radius 2 is 1.96 bits per heavy atom. The molecular formula is C21H22N4O2. The van der Waals surface area contributed by atoms with Crippen LogP contribution in [0.2, 0.25) is 0 Å². The molecule has 6 nitrogen and oxygen atoms in total. The monoisotopic (exact) mass is 362 g/mol. The second kappa shape index (κ2) is 7.23. The lowest BCUT2D eigenvalue weighted by molar-refractivity contribution is 0.0935. The van der Waals surface area contributed by atoms with Gasteiger partial charge in [-0.3, -0.25) is 9.59 Å². The number of amides is 2. The summed E-state index contributed by atoms with van der Waals surface area (Å²) >= 11 is 0. The number of aryl methyl sites for hydroxylation is 1. The molecule has 0 aliphatic heterocycles. The lowest BCUT2D eigenvalue weighted by Crippen LogP contribution is -2.33. The first kappa shape index (κ1) is 17.3. The molecule has 0 bridgehead atoms. The number of benzene rings is 1. The van der Waals surface area contributed by atoms with Crippen molar-refractivity contribution in [3.8, 4) is 0 Å². The molecular weight excluding hydrogens is 340 g/mol. The third-order valence-electron chi connectivity index (χ3n) is 5.19. The van der Waals surface area contributed by atoms with E-state index in [0.29, 0.717) is 23.7 Å². The van der Waals surface area contributed by atoms with Crippen molar-refractivity contribution in [2.45, 2.75) is 19.3 Å². The summed E-state index contributed by atoms with van der Waals surface area (Å²) in [5, 5.41) is 6.66. The molecule has 0 atom stereocenters. The van der Waals surface area contributed by atoms with Gasteiger partial charge in [0, 0.05) is 36.9 Å². The molecule has 0 unspecified atom stereocenters. The summed E-state index contributed by atoms with van der Waals surface area (Å²) in [5.74, 6) is 0.0509. The average Bonchev–Trinajstić information content (AvgIpc) is 2.98. The highest BCUT2D eigenvalue weighted by atomic mass is 16.2. The van der Waals surface area contributed by atoms with Crippen LogP contribution in [-0.4, -0.2) is 27.9 Å². The Hall–Kier alpha value is -3.15. The van der Waals surface area contributed by atoms with E-state index in [1.807, 2.05) is 35.9 Å². The Kier molecular flexibility index (Phi) is 4.62. The van der Waals surface area contributed by atoms with Gasteiger partial charge in [-0.15, -0.1) is 0 Å². The normalized spacial score (nSPS) is 14.0. The standard InChI is InChI=1S/C21H22N4O2/c1-25-13-16(15-8-2-3-10-18(15)25)20(26)24-17-9-5-11-22-19(17)21(27)23-12-14-6-4-7-14/h2-3,5,8-11,13-14H,4,6-7,12H2,1H3,(H,23,27)(H,24,26). The second-order valence-electron chi connectivity index (χ2n) is 7.03. The van der Waals surface area contributed by atoms with Gasteiger partial charge in [-0.05, 0) is 37.0 Å². The topological polar surface area (TPSA) is 76.0 Å². The molecule has 27 heavy (non-hydrogen) atoms. The molecule has 1 aromatic carbocycles. The quantitative estimate of drug-likeness (QED) is 0.731. The van der Waals surface area contributed by atoms with Crippen LogP contribution in [0.4, 0.5) is 5.69 Å². The SMILES string of the molecule is Cn1cc(C(=O)Nc2cccnc2C(=O)NCC2CCC2)c2ccccc21. The number of hydrogen-bond acceptors (Lipinski definition) is 3. The lowest BCUT2D eigenvalue weighted by Gasteiger charge is -2.25. The fourth-order valence-electron chi connectivity index (χ4n) is 3.42. The number of aromatic nitrogens is 2. The molecule has 3 aromatic rings. The zero-order valence-electron chi connectivity index (χ0n) is 15.2. The second-order valence-corrected chi connectivity index (χ2v) is 7.03. The van der Waals surface area contributed by atoms with Crippen molar-refractivity contribution in [3.63, 3.8) is 0 Å². The first-order valence-corrected chi connectivity index (χ1v) is 9.22. The van der Waals surface area contributed by atoms with Crippen molar-refractivity contribution in [1.82, 2.24) is 14.9 Å². The molecule has 6 heteroatoms. The smallest absolute Gasteiger partial charge is 0.272 e. The Morgan fingerprint density at radius 1 is 1.15 bits per heavy atom. The van der Waals surface area contributed by atoms with Crippen LogP contribution >= 0.6 is 0 Å². The Morgan fingerprint density at radius 3 is 2.74 bits per heavy atom. The van der Waals surface area contributed by atoms with Gasteiger partial charge in [0.05, 0.1) is 11.3 Å². The summed E-state index contributed by atoms with van der Waals surface area (Å²) in [4.78, 5) is 29.6. The molecule has 0 radical (unpaired) electrons. The minimum atomic E-state index is -0.257. The maximum atomic E-state index is 12.9. The van der Waals surface area contributed by atoms with Gasteiger partial charge in [-0.2, -0.15) is 0 Å². The molecule has 4 rings (SSSR count). The molecule has 2 amide bonds. The van der Waals surface area contributed by atoms with E-state index in [2.05, 4.69) is 15.6 Å². The predicted octanol–water partition coefficient (Wildman–Crippen LogP) is 3.36. The maximum Gasteiger partial charge on any atom is 0.272 e. The highest BCUT2D eigenvalue weighted by Gasteiger charge is 2.21. The van der Waals surface area contributed by atoms with Crippen molar-refractivity contribution in [2.75, 3.05) is 11.9 Å². The van der Waals surface area contributed by atoms with Gasteiger partial charge in [-0.1, -0.05) is 24.6 Å². The highest BCUT2D eigenvalue weighted by molar-refractivity contribution is 6.14. The molecule has 2 aromatic heterocycles. The number of para-hydroxylation sites is 1. The van der Waals surface area contributed by atoms with Gasteiger partial charge in [0.2, 0.25) is 0 Å². The molecule has 2 N–H and O–H groups in total. The predicted molar refractivity (Wildman–Crippen MR) is 105 cm³/mol. The van der Waals surface area contributed by atoms with Crippen LogP contribution in [-0.2, 0) is 7.05 Å². The molecule has 1 aliphatic rings. The zero-order valence-corrected chi connectivity index (χ0v) is 15.2. The van der Waals surface area contributed by atoms with Crippen molar-refractivity contribution in [2.24, 2.45) is 13.0 Å². The van der Waals surface area contributed by atoms with E-state index in [4.69, 9.17) is 0 Å². The number of nitrogens with one attached hydrogen (secondary N) is 2. The number of fused-ring (bicyclic) bond motifs is 1. The molecule has 138 valence electrons. The van der Waals surface area contributed by atoms with Crippen LogP contribution in [0.5, 0.6) is 0 Å². The number of carbonyl (C=O) groups excluding carboxylic acids is 2. The van der Waals surface area contributed by atoms with E-state index >= 15 is 0 Å². The number of nitrogens with zero attached hydrogens (tertiary/aromatic N) is 2. The molecule has 2 heterocycles. The van der Waals surface area contributed by atoms with E-state index in [1.54, 1.807) is 24.5 Å². The number of anilines is 1. The minimum absolute atomic E-state index is 0.241. The third kappa shape index (κ3) is 3.43. The van der Waals surface area contributed by atoms with Gasteiger partial charge in [-0.25, -0.2) is 4.98 Å². The van der Waals surface area contributed by atoms with Crippen molar-refractivity contribution in [1.29, 1.82) is 0 Å². The number of hydrogen-bond donors (Lipinski definition) is 2.